The van der Waals surface area contributed by atoms with E-state index in [1.54, 1.807) is 0 Å². The SMILES string of the molecule is O=S(=O)(c1cc(Cl)c(Br)s1)N1CC(CO)C1. The van der Waals surface area contributed by atoms with E-state index in [1.807, 2.05) is 0 Å². The molecule has 0 unspecified atom stereocenters. The average molecular weight is 347 g/mol. The Bertz CT molecular complexity index is 476. The Labute approximate surface area is 111 Å². The van der Waals surface area contributed by atoms with E-state index >= 15 is 0 Å². The number of hydrogen-bond acceptors (Lipinski definition) is 4. The molecule has 2 rings (SSSR count). The fraction of sp³-hybridized carbons (Fsp3) is 0.500. The van der Waals surface area contributed by atoms with Crippen LogP contribution in [0.5, 0.6) is 0 Å². The Morgan fingerprint density at radius 2 is 2.25 bits per heavy atom. The van der Waals surface area contributed by atoms with Gasteiger partial charge in [-0.15, -0.1) is 11.3 Å². The van der Waals surface area contributed by atoms with Crippen molar-refractivity contribution in [3.8, 4) is 0 Å². The predicted octanol–water partition coefficient (Wildman–Crippen LogP) is 1.78. The lowest BCUT2D eigenvalue weighted by atomic mass is 10.1. The molecule has 1 fully saturated rings. The van der Waals surface area contributed by atoms with Gasteiger partial charge in [0.1, 0.15) is 4.21 Å². The molecule has 8 heteroatoms. The number of hydrogen-bond donors (Lipinski definition) is 1. The molecular formula is C8H9BrClNO3S2. The van der Waals surface area contributed by atoms with Crippen molar-refractivity contribution in [1.29, 1.82) is 0 Å². The summed E-state index contributed by atoms with van der Waals surface area (Å²) in [5.74, 6) is 0.0636. The molecule has 0 aromatic carbocycles. The molecule has 1 aliphatic heterocycles. The maximum absolute atomic E-state index is 12.0. The van der Waals surface area contributed by atoms with Crippen LogP contribution in [-0.2, 0) is 10.0 Å². The Hall–Kier alpha value is 0.340. The Balaban J connectivity index is 2.20. The third kappa shape index (κ3) is 2.16. The van der Waals surface area contributed by atoms with Crippen LogP contribution in [-0.4, -0.2) is 37.5 Å². The molecule has 1 aromatic heterocycles. The van der Waals surface area contributed by atoms with E-state index in [0.29, 0.717) is 21.9 Å². The summed E-state index contributed by atoms with van der Waals surface area (Å²) < 4.78 is 26.2. The van der Waals surface area contributed by atoms with Gasteiger partial charge in [0.25, 0.3) is 10.0 Å². The second-order valence-corrected chi connectivity index (χ2v) is 8.50. The molecule has 0 spiro atoms. The zero-order valence-electron chi connectivity index (χ0n) is 8.06. The summed E-state index contributed by atoms with van der Waals surface area (Å²) in [5, 5.41) is 9.25. The van der Waals surface area contributed by atoms with Gasteiger partial charge in [-0.05, 0) is 22.0 Å². The van der Waals surface area contributed by atoms with Gasteiger partial charge < -0.3 is 5.11 Å². The highest BCUT2D eigenvalue weighted by Crippen LogP contribution is 2.37. The molecule has 1 saturated heterocycles. The van der Waals surface area contributed by atoms with Gasteiger partial charge in [-0.3, -0.25) is 0 Å². The highest BCUT2D eigenvalue weighted by atomic mass is 79.9. The first-order valence-electron chi connectivity index (χ1n) is 4.51. The van der Waals surface area contributed by atoms with E-state index in [4.69, 9.17) is 16.7 Å². The molecule has 2 heterocycles. The van der Waals surface area contributed by atoms with Gasteiger partial charge in [0.05, 0.1) is 8.81 Å². The van der Waals surface area contributed by atoms with E-state index in [-0.39, 0.29) is 16.7 Å². The van der Waals surface area contributed by atoms with E-state index in [1.165, 1.54) is 10.4 Å². The van der Waals surface area contributed by atoms with Crippen molar-refractivity contribution >= 4 is 48.9 Å². The largest absolute Gasteiger partial charge is 0.396 e. The summed E-state index contributed by atoms with van der Waals surface area (Å²) in [6.07, 6.45) is 0. The van der Waals surface area contributed by atoms with Gasteiger partial charge in [-0.2, -0.15) is 4.31 Å². The van der Waals surface area contributed by atoms with Crippen molar-refractivity contribution in [3.05, 3.63) is 14.9 Å². The molecule has 0 saturated carbocycles. The fourth-order valence-electron chi connectivity index (χ4n) is 1.42. The van der Waals surface area contributed by atoms with Crippen LogP contribution in [0.3, 0.4) is 0 Å². The maximum Gasteiger partial charge on any atom is 0.252 e. The Morgan fingerprint density at radius 3 is 2.69 bits per heavy atom. The molecule has 1 aliphatic rings. The van der Waals surface area contributed by atoms with Crippen molar-refractivity contribution in [3.63, 3.8) is 0 Å². The first-order valence-corrected chi connectivity index (χ1v) is 7.93. The summed E-state index contributed by atoms with van der Waals surface area (Å²) in [6.45, 7) is 0.791. The van der Waals surface area contributed by atoms with E-state index < -0.39 is 10.0 Å². The van der Waals surface area contributed by atoms with Crippen LogP contribution in [0.1, 0.15) is 0 Å². The van der Waals surface area contributed by atoms with Crippen LogP contribution in [0.2, 0.25) is 5.02 Å². The summed E-state index contributed by atoms with van der Waals surface area (Å²) in [7, 11) is -3.42. The van der Waals surface area contributed by atoms with Crippen molar-refractivity contribution < 1.29 is 13.5 Å². The van der Waals surface area contributed by atoms with Crippen LogP contribution in [0.15, 0.2) is 14.1 Å². The number of halogens is 2. The average Bonchev–Trinajstić information content (AvgIpc) is 2.45. The second kappa shape index (κ2) is 4.55. The minimum absolute atomic E-state index is 0.0287. The number of rotatable bonds is 3. The Kier molecular flexibility index (Phi) is 3.63. The van der Waals surface area contributed by atoms with Crippen LogP contribution in [0.4, 0.5) is 0 Å². The quantitative estimate of drug-likeness (QED) is 0.907. The fourth-order valence-corrected chi connectivity index (χ4v) is 5.56. The van der Waals surface area contributed by atoms with Crippen LogP contribution in [0.25, 0.3) is 0 Å². The zero-order chi connectivity index (χ0) is 11.9. The van der Waals surface area contributed by atoms with Crippen LogP contribution < -0.4 is 0 Å². The number of nitrogens with zero attached hydrogens (tertiary/aromatic N) is 1. The third-order valence-corrected chi connectivity index (χ3v) is 7.15. The van der Waals surface area contributed by atoms with Crippen molar-refractivity contribution in [2.24, 2.45) is 5.92 Å². The predicted molar refractivity (Wildman–Crippen MR) is 66.4 cm³/mol. The van der Waals surface area contributed by atoms with Crippen molar-refractivity contribution in [2.75, 3.05) is 19.7 Å². The molecule has 0 bridgehead atoms. The first-order chi connectivity index (χ1) is 7.45. The smallest absolute Gasteiger partial charge is 0.252 e. The molecular weight excluding hydrogens is 338 g/mol. The zero-order valence-corrected chi connectivity index (χ0v) is 12.0. The first kappa shape index (κ1) is 12.8. The molecule has 0 atom stereocenters. The minimum Gasteiger partial charge on any atom is -0.396 e. The highest BCUT2D eigenvalue weighted by molar-refractivity contribution is 9.11. The van der Waals surface area contributed by atoms with Gasteiger partial charge in [0.15, 0.2) is 0 Å². The van der Waals surface area contributed by atoms with Gasteiger partial charge in [0, 0.05) is 25.6 Å². The molecule has 0 aliphatic carbocycles. The lowest BCUT2D eigenvalue weighted by Crippen LogP contribution is -2.50. The summed E-state index contributed by atoms with van der Waals surface area (Å²) >= 11 is 10.1. The topological polar surface area (TPSA) is 57.6 Å². The maximum atomic E-state index is 12.0. The van der Waals surface area contributed by atoms with E-state index in [2.05, 4.69) is 15.9 Å². The second-order valence-electron chi connectivity index (χ2n) is 3.56. The lowest BCUT2D eigenvalue weighted by molar-refractivity contribution is 0.117. The molecule has 0 amide bonds. The van der Waals surface area contributed by atoms with Gasteiger partial charge in [-0.1, -0.05) is 11.6 Å². The minimum atomic E-state index is -3.42. The van der Waals surface area contributed by atoms with E-state index in [0.717, 1.165) is 11.3 Å². The Morgan fingerprint density at radius 1 is 1.62 bits per heavy atom. The summed E-state index contributed by atoms with van der Waals surface area (Å²) in [6, 6.07) is 1.44. The molecule has 1 N–H and O–H groups in total. The molecule has 16 heavy (non-hydrogen) atoms. The molecule has 4 nitrogen and oxygen atoms in total. The summed E-state index contributed by atoms with van der Waals surface area (Å²) in [4.78, 5) is 0. The van der Waals surface area contributed by atoms with Crippen molar-refractivity contribution in [2.45, 2.75) is 4.21 Å². The third-order valence-electron chi connectivity index (χ3n) is 2.40. The van der Waals surface area contributed by atoms with E-state index in [9.17, 15) is 8.42 Å². The van der Waals surface area contributed by atoms with Crippen LogP contribution >= 0.6 is 38.9 Å². The normalized spacial score (nSPS) is 18.7. The summed E-state index contributed by atoms with van der Waals surface area (Å²) in [5.41, 5.74) is 0. The molecule has 0 radical (unpaired) electrons. The van der Waals surface area contributed by atoms with Gasteiger partial charge >= 0.3 is 0 Å². The number of aliphatic hydroxyl groups excluding tert-OH is 1. The molecule has 1 aromatic rings. The highest BCUT2D eigenvalue weighted by Gasteiger charge is 2.37. The van der Waals surface area contributed by atoms with Gasteiger partial charge in [0.2, 0.25) is 0 Å². The van der Waals surface area contributed by atoms with Gasteiger partial charge in [-0.25, -0.2) is 8.42 Å². The monoisotopic (exact) mass is 345 g/mol. The standard InChI is InChI=1S/C8H9BrClNO3S2/c9-8-6(10)1-7(15-8)16(13,14)11-2-5(3-11)4-12/h1,5,12H,2-4H2. The lowest BCUT2D eigenvalue weighted by Gasteiger charge is -2.36. The number of aliphatic hydroxyl groups is 1. The van der Waals surface area contributed by atoms with Crippen molar-refractivity contribution in [1.82, 2.24) is 4.31 Å². The molecule has 90 valence electrons. The number of sulfonamides is 1. The van der Waals surface area contributed by atoms with Crippen LogP contribution in [0, 0.1) is 5.92 Å². The number of thiophene rings is 1.